The van der Waals surface area contributed by atoms with E-state index in [0.29, 0.717) is 0 Å². The van der Waals surface area contributed by atoms with E-state index in [2.05, 4.69) is 124 Å². The van der Waals surface area contributed by atoms with Gasteiger partial charge in [0.1, 0.15) is 0 Å². The Bertz CT molecular complexity index is 1620. The molecule has 0 N–H and O–H groups in total. The first-order chi connectivity index (χ1) is 20.5. The Balaban J connectivity index is 1.30. The van der Waals surface area contributed by atoms with Crippen LogP contribution in [0.25, 0.3) is 22.9 Å². The summed E-state index contributed by atoms with van der Waals surface area (Å²) >= 11 is 0. The molecular weight excluding hydrogens is 510 g/mol. The molecule has 0 amide bonds. The Morgan fingerprint density at radius 2 is 1.21 bits per heavy atom. The van der Waals surface area contributed by atoms with Gasteiger partial charge in [0, 0.05) is 64.8 Å². The standard InChI is InChI=1S/C39H43N3/c1-6-10-38-36(8-3)37(9-4)39(11-7-2)42(38)35-22-16-30(17-23-35)25-34-21-19-32(27-41-34)31-18-20-33(40-26-31)24-29-14-12-28(5)13-15-29/h6,10,12-23,26-27H,7-9,11,24-25H2,1-5H3/b10-6-. The summed E-state index contributed by atoms with van der Waals surface area (Å²) in [4.78, 5) is 9.52. The molecule has 0 aliphatic rings. The van der Waals surface area contributed by atoms with Crippen molar-refractivity contribution in [1.82, 2.24) is 14.5 Å². The minimum Gasteiger partial charge on any atom is -0.314 e. The number of nitrogens with zero attached hydrogens (tertiary/aromatic N) is 3. The fourth-order valence-corrected chi connectivity index (χ4v) is 5.97. The van der Waals surface area contributed by atoms with Crippen LogP contribution in [0.5, 0.6) is 0 Å². The largest absolute Gasteiger partial charge is 0.314 e. The molecule has 214 valence electrons. The molecule has 3 heterocycles. The van der Waals surface area contributed by atoms with Gasteiger partial charge in [-0.15, -0.1) is 0 Å². The maximum absolute atomic E-state index is 4.80. The molecule has 0 aliphatic heterocycles. The molecule has 2 aromatic carbocycles. The maximum atomic E-state index is 4.80. The summed E-state index contributed by atoms with van der Waals surface area (Å²) in [6.45, 7) is 11.1. The van der Waals surface area contributed by atoms with Gasteiger partial charge in [0.25, 0.3) is 0 Å². The Morgan fingerprint density at radius 3 is 1.67 bits per heavy atom. The second kappa shape index (κ2) is 13.6. The highest BCUT2D eigenvalue weighted by Crippen LogP contribution is 2.31. The quantitative estimate of drug-likeness (QED) is 0.163. The number of hydrogen-bond donors (Lipinski definition) is 0. The number of allylic oxidation sites excluding steroid dienone is 1. The first-order valence-corrected chi connectivity index (χ1v) is 15.5. The summed E-state index contributed by atoms with van der Waals surface area (Å²) in [6, 6.07) is 26.3. The molecule has 0 radical (unpaired) electrons. The van der Waals surface area contributed by atoms with E-state index in [4.69, 9.17) is 9.97 Å². The number of rotatable bonds is 11. The van der Waals surface area contributed by atoms with Crippen LogP contribution >= 0.6 is 0 Å². The van der Waals surface area contributed by atoms with E-state index in [1.165, 1.54) is 44.9 Å². The van der Waals surface area contributed by atoms with Crippen molar-refractivity contribution in [3.05, 3.63) is 142 Å². The first-order valence-electron chi connectivity index (χ1n) is 15.5. The lowest BCUT2D eigenvalue weighted by atomic mass is 10.0. The predicted molar refractivity (Wildman–Crippen MR) is 177 cm³/mol. The summed E-state index contributed by atoms with van der Waals surface area (Å²) in [5.74, 6) is 0. The van der Waals surface area contributed by atoms with Crippen molar-refractivity contribution in [3.63, 3.8) is 0 Å². The average Bonchev–Trinajstić information content (AvgIpc) is 3.31. The SMILES string of the molecule is C/C=C\c1c(CC)c(CC)c(CCC)n1-c1ccc(Cc2ccc(-c3ccc(Cc4ccc(C)cc4)nc3)cn2)cc1. The monoisotopic (exact) mass is 553 g/mol. The zero-order chi connectivity index (χ0) is 29.5. The number of pyridine rings is 2. The van der Waals surface area contributed by atoms with E-state index in [-0.39, 0.29) is 0 Å². The normalized spacial score (nSPS) is 11.5. The highest BCUT2D eigenvalue weighted by molar-refractivity contribution is 5.62. The summed E-state index contributed by atoms with van der Waals surface area (Å²) in [6.07, 6.45) is 14.4. The van der Waals surface area contributed by atoms with Crippen LogP contribution in [0.4, 0.5) is 0 Å². The van der Waals surface area contributed by atoms with Crippen molar-refractivity contribution in [1.29, 1.82) is 0 Å². The lowest BCUT2D eigenvalue weighted by Gasteiger charge is -2.14. The minimum atomic E-state index is 0.809. The first kappa shape index (κ1) is 29.3. The van der Waals surface area contributed by atoms with Crippen LogP contribution in [0, 0.1) is 6.92 Å². The lowest BCUT2D eigenvalue weighted by Crippen LogP contribution is -2.04. The molecule has 0 bridgehead atoms. The second-order valence-electron chi connectivity index (χ2n) is 11.2. The smallest absolute Gasteiger partial charge is 0.0490 e. The molecule has 3 aromatic heterocycles. The predicted octanol–water partition coefficient (Wildman–Crippen LogP) is 9.53. The Kier molecular flexibility index (Phi) is 9.48. The molecule has 0 fully saturated rings. The Morgan fingerprint density at radius 1 is 0.667 bits per heavy atom. The van der Waals surface area contributed by atoms with Gasteiger partial charge in [-0.3, -0.25) is 9.97 Å². The van der Waals surface area contributed by atoms with Crippen molar-refractivity contribution in [2.24, 2.45) is 0 Å². The average molecular weight is 554 g/mol. The van der Waals surface area contributed by atoms with Crippen LogP contribution in [-0.4, -0.2) is 14.5 Å². The number of aromatic nitrogens is 3. The van der Waals surface area contributed by atoms with Gasteiger partial charge >= 0.3 is 0 Å². The molecule has 0 saturated carbocycles. The molecule has 0 aliphatic carbocycles. The fraction of sp³-hybridized carbons (Fsp3) is 0.282. The van der Waals surface area contributed by atoms with Gasteiger partial charge in [-0.25, -0.2) is 0 Å². The van der Waals surface area contributed by atoms with Crippen molar-refractivity contribution < 1.29 is 0 Å². The fourth-order valence-electron chi connectivity index (χ4n) is 5.97. The van der Waals surface area contributed by atoms with E-state index in [9.17, 15) is 0 Å². The van der Waals surface area contributed by atoms with Crippen molar-refractivity contribution >= 4 is 6.08 Å². The number of benzene rings is 2. The zero-order valence-electron chi connectivity index (χ0n) is 25.8. The van der Waals surface area contributed by atoms with Crippen LogP contribution in [0.15, 0.2) is 91.3 Å². The van der Waals surface area contributed by atoms with Gasteiger partial charge in [0.2, 0.25) is 0 Å². The molecule has 0 spiro atoms. The molecular formula is C39H43N3. The highest BCUT2D eigenvalue weighted by atomic mass is 15.0. The second-order valence-corrected chi connectivity index (χ2v) is 11.2. The van der Waals surface area contributed by atoms with Crippen LogP contribution in [-0.2, 0) is 32.1 Å². The third kappa shape index (κ3) is 6.46. The van der Waals surface area contributed by atoms with Gasteiger partial charge < -0.3 is 4.57 Å². The van der Waals surface area contributed by atoms with Gasteiger partial charge in [0.15, 0.2) is 0 Å². The molecule has 0 saturated heterocycles. The molecule has 0 atom stereocenters. The third-order valence-electron chi connectivity index (χ3n) is 8.12. The van der Waals surface area contributed by atoms with E-state index >= 15 is 0 Å². The van der Waals surface area contributed by atoms with Gasteiger partial charge in [-0.1, -0.05) is 87.4 Å². The van der Waals surface area contributed by atoms with E-state index in [1.807, 2.05) is 12.4 Å². The molecule has 5 rings (SSSR count). The number of aryl methyl sites for hydroxylation is 1. The third-order valence-corrected chi connectivity index (χ3v) is 8.12. The topological polar surface area (TPSA) is 30.7 Å². The van der Waals surface area contributed by atoms with E-state index in [1.54, 1.807) is 0 Å². The summed E-state index contributed by atoms with van der Waals surface area (Å²) in [5.41, 5.74) is 15.2. The van der Waals surface area contributed by atoms with Crippen molar-refractivity contribution in [2.45, 2.75) is 73.1 Å². The Labute approximate surface area is 252 Å². The maximum Gasteiger partial charge on any atom is 0.0490 e. The van der Waals surface area contributed by atoms with Crippen LogP contribution in [0.2, 0.25) is 0 Å². The van der Waals surface area contributed by atoms with Gasteiger partial charge in [-0.2, -0.15) is 0 Å². The van der Waals surface area contributed by atoms with E-state index < -0.39 is 0 Å². The van der Waals surface area contributed by atoms with Gasteiger partial charge in [-0.05, 0) is 85.7 Å². The van der Waals surface area contributed by atoms with Crippen molar-refractivity contribution in [2.75, 3.05) is 0 Å². The van der Waals surface area contributed by atoms with Crippen LogP contribution < -0.4 is 0 Å². The summed E-state index contributed by atoms with van der Waals surface area (Å²) < 4.78 is 2.50. The van der Waals surface area contributed by atoms with Crippen LogP contribution in [0.3, 0.4) is 0 Å². The molecule has 5 aromatic rings. The van der Waals surface area contributed by atoms with Crippen LogP contribution in [0.1, 0.15) is 84.7 Å². The van der Waals surface area contributed by atoms with Gasteiger partial charge in [0.05, 0.1) is 0 Å². The van der Waals surface area contributed by atoms with E-state index in [0.717, 1.165) is 61.0 Å². The molecule has 42 heavy (non-hydrogen) atoms. The highest BCUT2D eigenvalue weighted by Gasteiger charge is 2.19. The lowest BCUT2D eigenvalue weighted by molar-refractivity contribution is 0.823. The van der Waals surface area contributed by atoms with Crippen molar-refractivity contribution in [3.8, 4) is 16.8 Å². The summed E-state index contributed by atoms with van der Waals surface area (Å²) in [7, 11) is 0. The molecule has 3 heteroatoms. The zero-order valence-corrected chi connectivity index (χ0v) is 25.8. The summed E-state index contributed by atoms with van der Waals surface area (Å²) in [5, 5.41) is 0. The molecule has 0 unspecified atom stereocenters. The Hall–Kier alpha value is -4.24. The minimum absolute atomic E-state index is 0.809. The molecule has 3 nitrogen and oxygen atoms in total. The number of hydrogen-bond acceptors (Lipinski definition) is 2.